The Bertz CT molecular complexity index is 889. The van der Waals surface area contributed by atoms with E-state index in [9.17, 15) is 25.2 Å². The topological polar surface area (TPSA) is 142 Å². The molecule has 8 nitrogen and oxygen atoms in total. The molecule has 0 bridgehead atoms. The number of hydrogen-bond donors (Lipinski definition) is 7. The zero-order valence-electron chi connectivity index (χ0n) is 26.2. The van der Waals surface area contributed by atoms with Crippen molar-refractivity contribution in [1.82, 2.24) is 10.6 Å². The molecule has 0 aliphatic heterocycles. The summed E-state index contributed by atoms with van der Waals surface area (Å²) in [7, 11) is 0. The van der Waals surface area contributed by atoms with Gasteiger partial charge in [0.15, 0.2) is 0 Å². The normalized spacial score (nSPS) is 16.2. The van der Waals surface area contributed by atoms with Crippen LogP contribution in [0.3, 0.4) is 0 Å². The molecule has 0 spiro atoms. The maximum atomic E-state index is 11.1. The first kappa shape index (κ1) is 38.0. The summed E-state index contributed by atoms with van der Waals surface area (Å²) in [4.78, 5) is 11.1. The second kappa shape index (κ2) is 23.4. The summed E-state index contributed by atoms with van der Waals surface area (Å²) in [5, 5.41) is 57.2. The summed E-state index contributed by atoms with van der Waals surface area (Å²) in [6.07, 6.45) is 10.3. The number of aliphatic hydroxyl groups excluding tert-OH is 4. The number of rotatable bonds is 25. The van der Waals surface area contributed by atoms with E-state index in [0.717, 1.165) is 62.6 Å². The van der Waals surface area contributed by atoms with Crippen molar-refractivity contribution in [2.75, 3.05) is 19.7 Å². The minimum atomic E-state index is -0.935. The molecule has 240 valence electrons. The zero-order valence-corrected chi connectivity index (χ0v) is 26.2. The highest BCUT2D eigenvalue weighted by molar-refractivity contribution is 5.66. The summed E-state index contributed by atoms with van der Waals surface area (Å²) in [5.74, 6) is -0.802. The molecule has 5 atom stereocenters. The highest BCUT2D eigenvalue weighted by Crippen LogP contribution is 2.26. The number of carbonyl (C=O) groups is 1. The van der Waals surface area contributed by atoms with Crippen LogP contribution >= 0.6 is 0 Å². The third-order valence-corrected chi connectivity index (χ3v) is 7.55. The third-order valence-electron chi connectivity index (χ3n) is 7.55. The Balaban J connectivity index is 3.37. The number of hydrogen-bond acceptors (Lipinski definition) is 7. The molecule has 0 saturated heterocycles. The number of unbranched alkanes of at least 4 members (excludes halogenated alkanes) is 2. The minimum absolute atomic E-state index is 0.0923. The Kier molecular flexibility index (Phi) is 21.1. The van der Waals surface area contributed by atoms with Gasteiger partial charge in [0.05, 0.1) is 24.9 Å². The molecule has 1 rings (SSSR count). The van der Waals surface area contributed by atoms with Crippen LogP contribution in [-0.4, -0.2) is 81.6 Å². The molecule has 0 unspecified atom stereocenters. The van der Waals surface area contributed by atoms with Crippen LogP contribution < -0.4 is 10.6 Å². The van der Waals surface area contributed by atoms with Crippen molar-refractivity contribution in [1.29, 1.82) is 0 Å². The van der Waals surface area contributed by atoms with Gasteiger partial charge in [0.2, 0.25) is 0 Å². The predicted molar refractivity (Wildman–Crippen MR) is 170 cm³/mol. The van der Waals surface area contributed by atoms with E-state index >= 15 is 0 Å². The summed E-state index contributed by atoms with van der Waals surface area (Å²) in [6.45, 7) is 6.65. The Morgan fingerprint density at radius 3 is 2.29 bits per heavy atom. The predicted octanol–water partition coefficient (Wildman–Crippen LogP) is 4.51. The van der Waals surface area contributed by atoms with Gasteiger partial charge in [0, 0.05) is 25.0 Å². The van der Waals surface area contributed by atoms with Crippen molar-refractivity contribution < 1.29 is 30.3 Å². The molecular formula is C34H58N2O6. The molecule has 0 amide bonds. The lowest BCUT2D eigenvalue weighted by Crippen LogP contribution is -2.38. The number of benzene rings is 1. The number of carboxylic acids is 1. The number of allylic oxidation sites excluding steroid dienone is 2. The maximum absolute atomic E-state index is 11.1. The van der Waals surface area contributed by atoms with E-state index in [1.54, 1.807) is 6.92 Å². The molecule has 0 saturated carbocycles. The van der Waals surface area contributed by atoms with E-state index in [1.807, 2.05) is 37.3 Å². The minimum Gasteiger partial charge on any atom is -0.481 e. The molecule has 0 fully saturated rings. The van der Waals surface area contributed by atoms with E-state index in [1.165, 1.54) is 5.56 Å². The average molecular weight is 591 g/mol. The molecule has 1 aromatic carbocycles. The first-order valence-corrected chi connectivity index (χ1v) is 16.0. The molecule has 0 aromatic heterocycles. The van der Waals surface area contributed by atoms with Crippen LogP contribution in [0, 0.1) is 0 Å². The van der Waals surface area contributed by atoms with Crippen LogP contribution in [0.5, 0.6) is 0 Å². The standard InChI is InChI=1S/C34H58N2O6/c1-4-6-8-15-30(39)21-19-28(18-17-27-12-9-7-10-13-27)32(23-31(40)25-37)33(36-24-26(3)38)16-11-14-29(35-5-2)20-22-34(41)42/h7,9-10,12-13,19,21,26,29-31,33,35-40H,4-6,8,11,14-18,20,22-25H2,1-3H3,(H,41,42)/t26-,29+,30-,31-,33-/m0/s1. The van der Waals surface area contributed by atoms with Crippen molar-refractivity contribution >= 4 is 5.97 Å². The lowest BCUT2D eigenvalue weighted by atomic mass is 9.87. The van der Waals surface area contributed by atoms with Gasteiger partial charge in [-0.3, -0.25) is 4.79 Å². The van der Waals surface area contributed by atoms with Crippen LogP contribution in [0.25, 0.3) is 0 Å². The zero-order chi connectivity index (χ0) is 31.2. The lowest BCUT2D eigenvalue weighted by molar-refractivity contribution is -0.137. The van der Waals surface area contributed by atoms with Crippen LogP contribution in [0.15, 0.2) is 53.6 Å². The third kappa shape index (κ3) is 17.8. The molecule has 7 N–H and O–H groups in total. The largest absolute Gasteiger partial charge is 0.481 e. The Labute approximate surface area is 254 Å². The van der Waals surface area contributed by atoms with Crippen LogP contribution in [0.2, 0.25) is 0 Å². The van der Waals surface area contributed by atoms with Gasteiger partial charge in [0.25, 0.3) is 0 Å². The van der Waals surface area contributed by atoms with Crippen molar-refractivity contribution in [3.63, 3.8) is 0 Å². The van der Waals surface area contributed by atoms with Crippen molar-refractivity contribution in [3.8, 4) is 0 Å². The summed E-state index contributed by atoms with van der Waals surface area (Å²) >= 11 is 0. The van der Waals surface area contributed by atoms with Gasteiger partial charge in [-0.25, -0.2) is 0 Å². The Hall–Kier alpha value is -2.07. The van der Waals surface area contributed by atoms with Crippen LogP contribution in [-0.2, 0) is 11.2 Å². The van der Waals surface area contributed by atoms with Crippen molar-refractivity contribution in [3.05, 3.63) is 59.2 Å². The summed E-state index contributed by atoms with van der Waals surface area (Å²) in [5.41, 5.74) is 3.17. The SMILES string of the molecule is CCCCC[C@H](O)C=CC(CCc1ccccc1)=C(C[C@H](O)CO)[C@H](CCC[C@H](CCC(=O)O)NCC)NC[C@H](C)O. The van der Waals surface area contributed by atoms with Gasteiger partial charge in [-0.2, -0.15) is 0 Å². The van der Waals surface area contributed by atoms with Crippen LogP contribution in [0.1, 0.15) is 97.0 Å². The highest BCUT2D eigenvalue weighted by atomic mass is 16.4. The Morgan fingerprint density at radius 1 is 0.929 bits per heavy atom. The van der Waals surface area contributed by atoms with E-state index < -0.39 is 24.3 Å². The van der Waals surface area contributed by atoms with Gasteiger partial charge >= 0.3 is 5.97 Å². The number of aryl methyl sites for hydroxylation is 1. The van der Waals surface area contributed by atoms with E-state index in [0.29, 0.717) is 25.8 Å². The number of aliphatic carboxylic acids is 1. The number of nitrogens with one attached hydrogen (secondary N) is 2. The van der Waals surface area contributed by atoms with Crippen LogP contribution in [0.4, 0.5) is 0 Å². The molecule has 0 heterocycles. The lowest BCUT2D eigenvalue weighted by Gasteiger charge is -2.28. The van der Waals surface area contributed by atoms with Gasteiger partial charge < -0.3 is 36.2 Å². The monoisotopic (exact) mass is 590 g/mol. The fraction of sp³-hybridized carbons (Fsp3) is 0.676. The molecule has 0 aliphatic rings. The van der Waals surface area contributed by atoms with Crippen molar-refractivity contribution in [2.24, 2.45) is 0 Å². The van der Waals surface area contributed by atoms with Gasteiger partial charge in [-0.1, -0.05) is 82.0 Å². The molecule has 0 radical (unpaired) electrons. The second-order valence-corrected chi connectivity index (χ2v) is 11.4. The molecule has 0 aliphatic carbocycles. The quantitative estimate of drug-likeness (QED) is 0.0652. The highest BCUT2D eigenvalue weighted by Gasteiger charge is 2.22. The summed E-state index contributed by atoms with van der Waals surface area (Å²) < 4.78 is 0. The number of aliphatic hydroxyl groups is 4. The fourth-order valence-electron chi connectivity index (χ4n) is 5.23. The van der Waals surface area contributed by atoms with E-state index in [2.05, 4.69) is 29.7 Å². The van der Waals surface area contributed by atoms with E-state index in [4.69, 9.17) is 5.11 Å². The first-order chi connectivity index (χ1) is 20.2. The number of carboxylic acid groups (broad SMARTS) is 1. The molecule has 8 heteroatoms. The smallest absolute Gasteiger partial charge is 0.303 e. The molecule has 1 aromatic rings. The van der Waals surface area contributed by atoms with Crippen molar-refractivity contribution in [2.45, 2.75) is 128 Å². The van der Waals surface area contributed by atoms with Gasteiger partial charge in [-0.15, -0.1) is 0 Å². The average Bonchev–Trinajstić information content (AvgIpc) is 2.97. The molecule has 42 heavy (non-hydrogen) atoms. The first-order valence-electron chi connectivity index (χ1n) is 16.0. The maximum Gasteiger partial charge on any atom is 0.303 e. The summed E-state index contributed by atoms with van der Waals surface area (Å²) in [6, 6.07) is 10.1. The van der Waals surface area contributed by atoms with Gasteiger partial charge in [0.1, 0.15) is 0 Å². The van der Waals surface area contributed by atoms with Gasteiger partial charge in [-0.05, 0) is 75.1 Å². The fourth-order valence-corrected chi connectivity index (χ4v) is 5.23. The Morgan fingerprint density at radius 2 is 1.67 bits per heavy atom. The second-order valence-electron chi connectivity index (χ2n) is 11.4. The van der Waals surface area contributed by atoms with E-state index in [-0.39, 0.29) is 31.5 Å². The molecular weight excluding hydrogens is 532 g/mol.